The van der Waals surface area contributed by atoms with Gasteiger partial charge in [0.1, 0.15) is 5.82 Å². The van der Waals surface area contributed by atoms with E-state index >= 15 is 0 Å². The Morgan fingerprint density at radius 3 is 2.14 bits per heavy atom. The molecule has 0 aliphatic carbocycles. The quantitative estimate of drug-likeness (QED) is 0.731. The molecule has 124 valence electrons. The van der Waals surface area contributed by atoms with Crippen molar-refractivity contribution in [3.05, 3.63) is 30.1 Å². The van der Waals surface area contributed by atoms with Crippen LogP contribution in [-0.2, 0) is 19.9 Å². The molecule has 0 aromatic heterocycles. The molecular weight excluding hydrogens is 335 g/mol. The first-order chi connectivity index (χ1) is 10.0. The van der Waals surface area contributed by atoms with Crippen LogP contribution in [0.5, 0.6) is 0 Å². The number of sulfonamides is 1. The van der Waals surface area contributed by atoms with Gasteiger partial charge in [-0.05, 0) is 24.3 Å². The number of hydrazine groups is 1. The zero-order valence-electron chi connectivity index (χ0n) is 12.0. The van der Waals surface area contributed by atoms with Crippen LogP contribution in [0.3, 0.4) is 0 Å². The Labute approximate surface area is 128 Å². The molecule has 0 amide bonds. The van der Waals surface area contributed by atoms with Crippen LogP contribution in [0.1, 0.15) is 0 Å². The van der Waals surface area contributed by atoms with Crippen molar-refractivity contribution in [2.24, 2.45) is 0 Å². The van der Waals surface area contributed by atoms with E-state index < -0.39 is 49.3 Å². The van der Waals surface area contributed by atoms with Gasteiger partial charge in [-0.1, -0.05) is 0 Å². The summed E-state index contributed by atoms with van der Waals surface area (Å²) < 4.78 is 62.4. The Morgan fingerprint density at radius 2 is 1.73 bits per heavy atom. The minimum Gasteiger partial charge on any atom is -0.390 e. The Balaban J connectivity index is 2.46. The molecule has 1 aliphatic rings. The molecule has 1 aromatic rings. The molecule has 1 fully saturated rings. The van der Waals surface area contributed by atoms with Crippen LogP contribution in [0.2, 0.25) is 0 Å². The third-order valence-electron chi connectivity index (χ3n) is 3.33. The summed E-state index contributed by atoms with van der Waals surface area (Å²) in [5.41, 5.74) is 0. The molecule has 1 saturated heterocycles. The predicted octanol–water partition coefficient (Wildman–Crippen LogP) is -0.549. The van der Waals surface area contributed by atoms with Gasteiger partial charge in [0, 0.05) is 14.1 Å². The summed E-state index contributed by atoms with van der Waals surface area (Å²) in [5.74, 6) is -1.54. The molecule has 0 bridgehead atoms. The van der Waals surface area contributed by atoms with Crippen LogP contribution in [0.15, 0.2) is 29.2 Å². The average Bonchev–Trinajstić information content (AvgIpc) is 2.62. The fraction of sp³-hybridized carbons (Fsp3) is 0.500. The predicted molar refractivity (Wildman–Crippen MR) is 77.6 cm³/mol. The Kier molecular flexibility index (Phi) is 4.60. The first-order valence-electron chi connectivity index (χ1n) is 6.40. The highest BCUT2D eigenvalue weighted by molar-refractivity contribution is 7.92. The van der Waals surface area contributed by atoms with Crippen molar-refractivity contribution in [3.63, 3.8) is 0 Å². The zero-order valence-corrected chi connectivity index (χ0v) is 13.7. The molecule has 0 spiro atoms. The molecule has 0 saturated carbocycles. The van der Waals surface area contributed by atoms with Gasteiger partial charge in [-0.3, -0.25) is 0 Å². The number of rotatable bonds is 4. The van der Waals surface area contributed by atoms with E-state index in [9.17, 15) is 26.3 Å². The van der Waals surface area contributed by atoms with E-state index in [0.717, 1.165) is 28.7 Å². The lowest BCUT2D eigenvalue weighted by molar-refractivity contribution is 0.0272. The van der Waals surface area contributed by atoms with E-state index in [1.807, 2.05) is 0 Å². The van der Waals surface area contributed by atoms with Gasteiger partial charge in [-0.25, -0.2) is 26.2 Å². The Morgan fingerprint density at radius 1 is 1.18 bits per heavy atom. The number of halogens is 1. The second kappa shape index (κ2) is 5.85. The summed E-state index contributed by atoms with van der Waals surface area (Å²) in [5, 5.41) is 11.1. The summed E-state index contributed by atoms with van der Waals surface area (Å²) in [6.07, 6.45) is -1.32. The lowest BCUT2D eigenvalue weighted by Gasteiger charge is -2.33. The molecule has 1 aliphatic heterocycles. The summed E-state index contributed by atoms with van der Waals surface area (Å²) >= 11 is 0. The normalized spacial score (nSPS) is 25.0. The molecule has 0 unspecified atom stereocenters. The maximum absolute atomic E-state index is 13.0. The fourth-order valence-electron chi connectivity index (χ4n) is 2.43. The van der Waals surface area contributed by atoms with Crippen molar-refractivity contribution >= 4 is 19.9 Å². The van der Waals surface area contributed by atoms with Crippen LogP contribution in [0.4, 0.5) is 4.39 Å². The van der Waals surface area contributed by atoms with Gasteiger partial charge in [-0.2, -0.15) is 0 Å². The van der Waals surface area contributed by atoms with Gasteiger partial charge in [0.05, 0.1) is 28.5 Å². The number of aliphatic hydroxyl groups is 1. The number of hydrogen-bond donors (Lipinski definition) is 1. The van der Waals surface area contributed by atoms with Gasteiger partial charge >= 0.3 is 0 Å². The summed E-state index contributed by atoms with van der Waals surface area (Å²) in [7, 11) is -4.77. The first kappa shape index (κ1) is 17.3. The van der Waals surface area contributed by atoms with Crippen molar-refractivity contribution in [3.8, 4) is 0 Å². The van der Waals surface area contributed by atoms with Crippen molar-refractivity contribution < 1.29 is 26.3 Å². The van der Waals surface area contributed by atoms with E-state index in [1.165, 1.54) is 19.1 Å². The number of benzene rings is 1. The SMILES string of the molecule is CN(C)N([C@@H]1CS(=O)(=O)C[C@H]1O)S(=O)(=O)c1ccc(F)cc1. The molecule has 1 heterocycles. The average molecular weight is 352 g/mol. The largest absolute Gasteiger partial charge is 0.390 e. The Bertz CT molecular complexity index is 746. The molecule has 7 nitrogen and oxygen atoms in total. The minimum atomic E-state index is -4.12. The number of nitrogens with zero attached hydrogens (tertiary/aromatic N) is 2. The van der Waals surface area contributed by atoms with Gasteiger partial charge in [0.15, 0.2) is 9.84 Å². The molecule has 1 N–H and O–H groups in total. The zero-order chi connectivity index (χ0) is 16.7. The van der Waals surface area contributed by atoms with Crippen molar-refractivity contribution in [1.29, 1.82) is 0 Å². The molecule has 2 atom stereocenters. The van der Waals surface area contributed by atoms with Gasteiger partial charge < -0.3 is 5.11 Å². The van der Waals surface area contributed by atoms with Gasteiger partial charge in [-0.15, -0.1) is 4.41 Å². The van der Waals surface area contributed by atoms with Crippen LogP contribution in [0.25, 0.3) is 0 Å². The Hall–Kier alpha value is -1.07. The lowest BCUT2D eigenvalue weighted by atomic mass is 10.2. The highest BCUT2D eigenvalue weighted by Gasteiger charge is 2.46. The highest BCUT2D eigenvalue weighted by atomic mass is 32.2. The van der Waals surface area contributed by atoms with E-state index in [-0.39, 0.29) is 4.90 Å². The van der Waals surface area contributed by atoms with Crippen LogP contribution < -0.4 is 0 Å². The molecule has 22 heavy (non-hydrogen) atoms. The van der Waals surface area contributed by atoms with Crippen LogP contribution >= 0.6 is 0 Å². The summed E-state index contributed by atoms with van der Waals surface area (Å²) in [6.45, 7) is 0. The highest BCUT2D eigenvalue weighted by Crippen LogP contribution is 2.26. The van der Waals surface area contributed by atoms with E-state index in [1.54, 1.807) is 0 Å². The molecule has 2 rings (SSSR count). The molecule has 10 heteroatoms. The maximum Gasteiger partial charge on any atom is 0.256 e. The fourth-order valence-corrected chi connectivity index (χ4v) is 5.98. The number of hydrogen-bond acceptors (Lipinski definition) is 6. The van der Waals surface area contributed by atoms with E-state index in [0.29, 0.717) is 0 Å². The second-order valence-electron chi connectivity index (χ2n) is 5.29. The summed E-state index contributed by atoms with van der Waals surface area (Å²) in [6, 6.07) is 3.08. The van der Waals surface area contributed by atoms with Crippen molar-refractivity contribution in [2.45, 2.75) is 17.0 Å². The lowest BCUT2D eigenvalue weighted by Crippen LogP contribution is -2.53. The number of aliphatic hydroxyl groups excluding tert-OH is 1. The third-order valence-corrected chi connectivity index (χ3v) is 6.99. The molecular formula is C12H17FN2O5S2. The van der Waals surface area contributed by atoms with Gasteiger partial charge in [0.2, 0.25) is 0 Å². The molecule has 1 aromatic carbocycles. The second-order valence-corrected chi connectivity index (χ2v) is 9.24. The van der Waals surface area contributed by atoms with E-state index in [2.05, 4.69) is 0 Å². The van der Waals surface area contributed by atoms with Crippen LogP contribution in [0, 0.1) is 5.82 Å². The van der Waals surface area contributed by atoms with Crippen molar-refractivity contribution in [1.82, 2.24) is 9.42 Å². The first-order valence-corrected chi connectivity index (χ1v) is 9.66. The van der Waals surface area contributed by atoms with Crippen LogP contribution in [-0.4, -0.2) is 69.1 Å². The number of sulfone groups is 1. The maximum atomic E-state index is 13.0. The molecule has 0 radical (unpaired) electrons. The van der Waals surface area contributed by atoms with Crippen molar-refractivity contribution in [2.75, 3.05) is 25.6 Å². The standard InChI is InChI=1S/C12H17FN2O5S2/c1-14(2)15(11-7-21(17,18)8-12(11)16)22(19,20)10-5-3-9(13)4-6-10/h3-6,11-12,16H,7-8H2,1-2H3/t11-,12-/m1/s1. The summed E-state index contributed by atoms with van der Waals surface area (Å²) in [4.78, 5) is -0.181. The van der Waals surface area contributed by atoms with E-state index in [4.69, 9.17) is 0 Å². The smallest absolute Gasteiger partial charge is 0.256 e. The van der Waals surface area contributed by atoms with Gasteiger partial charge in [0.25, 0.3) is 10.0 Å². The monoisotopic (exact) mass is 352 g/mol. The third kappa shape index (κ3) is 3.30. The minimum absolute atomic E-state index is 0.181. The topological polar surface area (TPSA) is 95.0 Å².